The van der Waals surface area contributed by atoms with E-state index in [0.717, 1.165) is 5.66 Å². The van der Waals surface area contributed by atoms with Gasteiger partial charge in [0, 0.05) is 27.3 Å². The van der Waals surface area contributed by atoms with E-state index in [9.17, 15) is 0 Å². The minimum Gasteiger partial charge on any atom is -1.00 e. The zero-order valence-electron chi connectivity index (χ0n) is 6.40. The van der Waals surface area contributed by atoms with E-state index in [1.165, 1.54) is 0 Å². The van der Waals surface area contributed by atoms with Crippen LogP contribution in [-0.2, 0) is 0 Å². The van der Waals surface area contributed by atoms with Crippen molar-refractivity contribution in [3.8, 4) is 0 Å². The first-order valence-electron chi connectivity index (χ1n) is 2.75. The van der Waals surface area contributed by atoms with Gasteiger partial charge in [-0.2, -0.15) is 0 Å². The molecule has 0 saturated carbocycles. The van der Waals surface area contributed by atoms with Crippen LogP contribution in [0, 0.1) is 0 Å². The van der Waals surface area contributed by atoms with Gasteiger partial charge in [-0.05, 0) is 13.8 Å². The Hall–Kier alpha value is 0.910. The van der Waals surface area contributed by atoms with Gasteiger partial charge in [-0.15, -0.1) is 0 Å². The molecule has 0 saturated heterocycles. The monoisotopic (exact) mass is 198 g/mol. The van der Waals surface area contributed by atoms with Crippen LogP contribution in [0.2, 0.25) is 0 Å². The Labute approximate surface area is 64.2 Å². The summed E-state index contributed by atoms with van der Waals surface area (Å²) >= 11 is 0. The molecule has 52 valence electrons. The second-order valence-corrected chi connectivity index (χ2v) is 8.48. The van der Waals surface area contributed by atoms with Crippen molar-refractivity contribution in [2.75, 3.05) is 20.0 Å². The normalized spacial score (nSPS) is 11.2. The molecule has 0 unspecified atom stereocenters. The molecule has 0 rings (SSSR count). The van der Waals surface area contributed by atoms with E-state index < -0.39 is 7.26 Å². The lowest BCUT2D eigenvalue weighted by Crippen LogP contribution is -3.00. The van der Waals surface area contributed by atoms with Gasteiger partial charge in [0.05, 0.1) is 5.66 Å². The highest BCUT2D eigenvalue weighted by Crippen LogP contribution is 2.51. The summed E-state index contributed by atoms with van der Waals surface area (Å²) in [6.07, 6.45) is 0. The van der Waals surface area contributed by atoms with Crippen LogP contribution in [0.15, 0.2) is 0 Å². The fraction of sp³-hybridized carbons (Fsp3) is 1.00. The Balaban J connectivity index is 0. The van der Waals surface area contributed by atoms with Crippen LogP contribution in [0.1, 0.15) is 13.8 Å². The van der Waals surface area contributed by atoms with Gasteiger partial charge < -0.3 is 17.0 Å². The molecule has 0 aliphatic heterocycles. The Kier molecular flexibility index (Phi) is 5.61. The summed E-state index contributed by atoms with van der Waals surface area (Å²) in [6, 6.07) is 0. The van der Waals surface area contributed by atoms with Crippen LogP contribution in [0.5, 0.6) is 0 Å². The zero-order valence-corrected chi connectivity index (χ0v) is 8.88. The maximum absolute atomic E-state index is 2.37. The van der Waals surface area contributed by atoms with Crippen molar-refractivity contribution >= 4 is 7.26 Å². The first-order chi connectivity index (χ1) is 2.94. The highest BCUT2D eigenvalue weighted by molar-refractivity contribution is 7.74. The maximum atomic E-state index is 2.37. The standard InChI is InChI=1S/C6H16P.BrH/c1-6(2)7(3,4)5;/h6H,1-5H3;1H/q+1;/p-1. The number of hydrogen-bond donors (Lipinski definition) is 0. The average Bonchev–Trinajstić information content (AvgIpc) is 1.31. The molecule has 0 aromatic rings. The van der Waals surface area contributed by atoms with E-state index in [0.29, 0.717) is 0 Å². The van der Waals surface area contributed by atoms with Crippen molar-refractivity contribution < 1.29 is 17.0 Å². The third-order valence-electron chi connectivity index (χ3n) is 1.55. The Morgan fingerprint density at radius 1 is 1.00 bits per heavy atom. The fourth-order valence-corrected chi connectivity index (χ4v) is 0. The third-order valence-corrected chi connectivity index (χ3v) is 4.65. The highest BCUT2D eigenvalue weighted by Gasteiger charge is 2.21. The maximum Gasteiger partial charge on any atom is 0.0633 e. The van der Waals surface area contributed by atoms with Gasteiger partial charge >= 0.3 is 0 Å². The van der Waals surface area contributed by atoms with Gasteiger partial charge in [0.15, 0.2) is 0 Å². The lowest BCUT2D eigenvalue weighted by molar-refractivity contribution is -0.00000191. The van der Waals surface area contributed by atoms with Crippen LogP contribution >= 0.6 is 7.26 Å². The Morgan fingerprint density at radius 3 is 1.12 bits per heavy atom. The van der Waals surface area contributed by atoms with Gasteiger partial charge in [0.1, 0.15) is 0 Å². The van der Waals surface area contributed by atoms with Gasteiger partial charge in [-0.1, -0.05) is 0 Å². The van der Waals surface area contributed by atoms with Crippen molar-refractivity contribution in [1.29, 1.82) is 0 Å². The molecular weight excluding hydrogens is 183 g/mol. The summed E-state index contributed by atoms with van der Waals surface area (Å²) in [6.45, 7) is 11.7. The van der Waals surface area contributed by atoms with Crippen LogP contribution < -0.4 is 17.0 Å². The number of rotatable bonds is 1. The smallest absolute Gasteiger partial charge is 0.0633 e. The molecule has 0 aromatic heterocycles. The van der Waals surface area contributed by atoms with E-state index in [-0.39, 0.29) is 17.0 Å². The highest BCUT2D eigenvalue weighted by atomic mass is 79.9. The molecule has 0 nitrogen and oxygen atoms in total. The predicted octanol–water partition coefficient (Wildman–Crippen LogP) is -0.694. The molecule has 0 bridgehead atoms. The van der Waals surface area contributed by atoms with E-state index in [4.69, 9.17) is 0 Å². The van der Waals surface area contributed by atoms with Crippen LogP contribution in [0.3, 0.4) is 0 Å². The van der Waals surface area contributed by atoms with E-state index in [2.05, 4.69) is 33.8 Å². The van der Waals surface area contributed by atoms with Gasteiger partial charge in [-0.3, -0.25) is 0 Å². The van der Waals surface area contributed by atoms with E-state index >= 15 is 0 Å². The average molecular weight is 199 g/mol. The quantitative estimate of drug-likeness (QED) is 0.490. The first-order valence-corrected chi connectivity index (χ1v) is 5.95. The number of halogens is 1. The van der Waals surface area contributed by atoms with Crippen molar-refractivity contribution in [2.24, 2.45) is 0 Å². The summed E-state index contributed by atoms with van der Waals surface area (Å²) in [5.41, 5.74) is 0.910. The minimum atomic E-state index is -0.488. The molecule has 0 N–H and O–H groups in total. The molecule has 0 aliphatic rings. The molecule has 0 fully saturated rings. The molecule has 0 amide bonds. The van der Waals surface area contributed by atoms with Gasteiger partial charge in [0.25, 0.3) is 0 Å². The summed E-state index contributed by atoms with van der Waals surface area (Å²) in [5.74, 6) is 0. The number of hydrogen-bond acceptors (Lipinski definition) is 0. The van der Waals surface area contributed by atoms with E-state index in [1.807, 2.05) is 0 Å². The van der Waals surface area contributed by atoms with Crippen molar-refractivity contribution in [1.82, 2.24) is 0 Å². The van der Waals surface area contributed by atoms with Crippen LogP contribution in [0.25, 0.3) is 0 Å². The minimum absolute atomic E-state index is 0. The molecule has 0 atom stereocenters. The summed E-state index contributed by atoms with van der Waals surface area (Å²) < 4.78 is 0. The lowest BCUT2D eigenvalue weighted by atomic mass is 10.6. The molecule has 2 heteroatoms. The van der Waals surface area contributed by atoms with Crippen LogP contribution in [0.4, 0.5) is 0 Å². The summed E-state index contributed by atoms with van der Waals surface area (Å²) in [7, 11) is -0.488. The lowest BCUT2D eigenvalue weighted by Gasteiger charge is -2.15. The second kappa shape index (κ2) is 3.85. The summed E-state index contributed by atoms with van der Waals surface area (Å²) in [4.78, 5) is 0. The molecule has 0 aromatic carbocycles. The Morgan fingerprint density at radius 2 is 1.12 bits per heavy atom. The topological polar surface area (TPSA) is 0 Å². The zero-order chi connectivity index (χ0) is 6.08. The summed E-state index contributed by atoms with van der Waals surface area (Å²) in [5, 5.41) is 0. The Bertz CT molecular complexity index is 54.0. The molecule has 0 spiro atoms. The third kappa shape index (κ3) is 5.05. The molecule has 0 aliphatic carbocycles. The second-order valence-electron chi connectivity index (χ2n) is 3.21. The molecular formula is C6H16BrP. The predicted molar refractivity (Wildman–Crippen MR) is 39.8 cm³/mol. The molecule has 0 radical (unpaired) electrons. The van der Waals surface area contributed by atoms with Gasteiger partial charge in [0.2, 0.25) is 0 Å². The van der Waals surface area contributed by atoms with E-state index in [1.54, 1.807) is 0 Å². The molecule has 8 heavy (non-hydrogen) atoms. The van der Waals surface area contributed by atoms with Gasteiger partial charge in [-0.25, -0.2) is 0 Å². The fourth-order valence-electron chi connectivity index (χ4n) is 0. The van der Waals surface area contributed by atoms with Crippen molar-refractivity contribution in [3.05, 3.63) is 0 Å². The SMILES string of the molecule is CC(C)[P+](C)(C)C.[Br-]. The first kappa shape index (κ1) is 11.7. The largest absolute Gasteiger partial charge is 1.00 e. The van der Waals surface area contributed by atoms with Crippen molar-refractivity contribution in [2.45, 2.75) is 19.5 Å². The van der Waals surface area contributed by atoms with Crippen molar-refractivity contribution in [3.63, 3.8) is 0 Å². The molecule has 0 heterocycles. The van der Waals surface area contributed by atoms with Crippen LogP contribution in [-0.4, -0.2) is 25.7 Å².